The molecule has 2 aliphatic rings. The number of hydrogen-bond donors (Lipinski definition) is 0. The van der Waals surface area contributed by atoms with Crippen molar-refractivity contribution >= 4 is 66.7 Å². The lowest BCUT2D eigenvalue weighted by Gasteiger charge is -2.34. The van der Waals surface area contributed by atoms with Crippen LogP contribution in [0.1, 0.15) is 106 Å². The standard InChI is InChI=1S/C36H28N4O4/c1-5-7-17(3)39-33(41)23-11-9-21-28-20(16-38)14-26-30-24(34(42)40(36(26)44)18(4)8-6-2)12-10-22(32(28)30)27-19(15-37)13-25(35(39)43)29(23)31(21)27/h9-14,17-18H,5-8H2,1-4H3/t17-,18-/m0/s1. The molecule has 2 aliphatic heterocycles. The molecule has 0 fully saturated rings. The highest BCUT2D eigenvalue weighted by Gasteiger charge is 2.40. The first-order valence-electron chi connectivity index (χ1n) is 15.0. The van der Waals surface area contributed by atoms with E-state index in [1.54, 1.807) is 36.4 Å². The molecule has 2 atom stereocenters. The van der Waals surface area contributed by atoms with E-state index < -0.39 is 11.8 Å². The van der Waals surface area contributed by atoms with Crippen molar-refractivity contribution in [2.45, 2.75) is 65.5 Å². The van der Waals surface area contributed by atoms with Gasteiger partial charge in [0.15, 0.2) is 0 Å². The fraction of sp³-hybridized carbons (Fsp3) is 0.278. The van der Waals surface area contributed by atoms with E-state index in [4.69, 9.17) is 0 Å². The number of hydrogen-bond acceptors (Lipinski definition) is 6. The molecular formula is C36H28N4O4. The molecule has 5 aromatic rings. The molecule has 216 valence electrons. The van der Waals surface area contributed by atoms with Crippen molar-refractivity contribution in [1.29, 1.82) is 10.5 Å². The minimum absolute atomic E-state index is 0.244. The number of nitriles is 2. The molecule has 44 heavy (non-hydrogen) atoms. The summed E-state index contributed by atoms with van der Waals surface area (Å²) in [4.78, 5) is 58.0. The van der Waals surface area contributed by atoms with Crippen LogP contribution in [-0.2, 0) is 0 Å². The smallest absolute Gasteiger partial charge is 0.261 e. The summed E-state index contributed by atoms with van der Waals surface area (Å²) < 4.78 is 0. The second kappa shape index (κ2) is 9.59. The van der Waals surface area contributed by atoms with Crippen LogP contribution in [0.15, 0.2) is 36.4 Å². The summed E-state index contributed by atoms with van der Waals surface area (Å²) >= 11 is 0. The average molecular weight is 581 g/mol. The van der Waals surface area contributed by atoms with Gasteiger partial charge in [0.25, 0.3) is 23.6 Å². The quantitative estimate of drug-likeness (QED) is 0.120. The molecule has 0 bridgehead atoms. The molecule has 7 rings (SSSR count). The zero-order valence-electron chi connectivity index (χ0n) is 24.9. The average Bonchev–Trinajstić information content (AvgIpc) is 3.01. The highest BCUT2D eigenvalue weighted by Crippen LogP contribution is 2.48. The number of nitrogens with zero attached hydrogens (tertiary/aromatic N) is 4. The molecule has 0 aliphatic carbocycles. The van der Waals surface area contributed by atoms with Gasteiger partial charge in [-0.25, -0.2) is 0 Å². The summed E-state index contributed by atoms with van der Waals surface area (Å²) in [6.45, 7) is 7.68. The highest BCUT2D eigenvalue weighted by atomic mass is 16.2. The van der Waals surface area contributed by atoms with E-state index in [1.807, 2.05) is 27.7 Å². The van der Waals surface area contributed by atoms with Crippen molar-refractivity contribution < 1.29 is 19.2 Å². The number of rotatable bonds is 6. The van der Waals surface area contributed by atoms with Crippen molar-refractivity contribution in [1.82, 2.24) is 9.80 Å². The molecule has 0 saturated carbocycles. The maximum Gasteiger partial charge on any atom is 0.261 e. The maximum absolute atomic E-state index is 13.9. The van der Waals surface area contributed by atoms with Gasteiger partial charge in [0.1, 0.15) is 0 Å². The summed E-state index contributed by atoms with van der Waals surface area (Å²) in [5.41, 5.74) is 1.77. The second-order valence-corrected chi connectivity index (χ2v) is 12.0. The Balaban J connectivity index is 1.65. The van der Waals surface area contributed by atoms with Crippen LogP contribution < -0.4 is 0 Å². The Bertz CT molecular complexity index is 2090. The SMILES string of the molecule is CCC[C@H](C)N1C(=O)c2ccc3c4c(C#N)cc5c6c(ccc(c7c(C#N)cc(c2c37)C1=O)c64)C(=O)N([C@@H](C)CCC)C5=O. The predicted octanol–water partition coefficient (Wildman–Crippen LogP) is 7.05. The predicted molar refractivity (Wildman–Crippen MR) is 167 cm³/mol. The summed E-state index contributed by atoms with van der Waals surface area (Å²) in [5, 5.41) is 25.1. The lowest BCUT2D eigenvalue weighted by Crippen LogP contribution is -2.46. The summed E-state index contributed by atoms with van der Waals surface area (Å²) in [7, 11) is 0. The third-order valence-corrected chi connectivity index (χ3v) is 9.44. The van der Waals surface area contributed by atoms with Crippen molar-refractivity contribution in [3.05, 3.63) is 69.8 Å². The van der Waals surface area contributed by atoms with Crippen LogP contribution in [-0.4, -0.2) is 45.5 Å². The fourth-order valence-electron chi connectivity index (χ4n) is 7.58. The van der Waals surface area contributed by atoms with Crippen LogP contribution in [0.4, 0.5) is 0 Å². The Morgan fingerprint density at radius 2 is 0.932 bits per heavy atom. The Kier molecular flexibility index (Phi) is 5.99. The third kappa shape index (κ3) is 3.31. The first-order valence-corrected chi connectivity index (χ1v) is 15.0. The van der Waals surface area contributed by atoms with Crippen LogP contribution in [0, 0.1) is 22.7 Å². The minimum Gasteiger partial charge on any atom is -0.272 e. The summed E-state index contributed by atoms with van der Waals surface area (Å²) in [6.07, 6.45) is 2.89. The van der Waals surface area contributed by atoms with Gasteiger partial charge < -0.3 is 0 Å². The fourth-order valence-corrected chi connectivity index (χ4v) is 7.58. The number of carbonyl (C=O) groups excluding carboxylic acids is 4. The van der Waals surface area contributed by atoms with Crippen LogP contribution >= 0.6 is 0 Å². The minimum atomic E-state index is -0.447. The Hall–Kier alpha value is -5.34. The number of carbonyl (C=O) groups is 4. The van der Waals surface area contributed by atoms with Gasteiger partial charge in [0.2, 0.25) is 0 Å². The van der Waals surface area contributed by atoms with Gasteiger partial charge in [0.05, 0.1) is 34.4 Å². The summed E-state index contributed by atoms with van der Waals surface area (Å²) in [5.74, 6) is -1.67. The van der Waals surface area contributed by atoms with Gasteiger partial charge in [-0.2, -0.15) is 10.5 Å². The van der Waals surface area contributed by atoms with Crippen molar-refractivity contribution in [3.8, 4) is 12.1 Å². The van der Waals surface area contributed by atoms with E-state index in [2.05, 4.69) is 12.1 Å². The van der Waals surface area contributed by atoms with E-state index in [0.29, 0.717) is 67.1 Å². The van der Waals surface area contributed by atoms with E-state index >= 15 is 0 Å². The van der Waals surface area contributed by atoms with E-state index in [-0.39, 0.29) is 46.2 Å². The van der Waals surface area contributed by atoms with Gasteiger partial charge in [-0.05, 0) is 61.7 Å². The van der Waals surface area contributed by atoms with Crippen LogP contribution in [0.2, 0.25) is 0 Å². The zero-order valence-corrected chi connectivity index (χ0v) is 24.9. The molecule has 0 aromatic heterocycles. The molecule has 8 heteroatoms. The molecule has 0 spiro atoms. The number of amides is 4. The number of fused-ring (bicyclic) bond motifs is 2. The monoisotopic (exact) mass is 580 g/mol. The zero-order chi connectivity index (χ0) is 31.2. The molecule has 8 nitrogen and oxygen atoms in total. The van der Waals surface area contributed by atoms with Gasteiger partial charge in [-0.1, -0.05) is 38.8 Å². The van der Waals surface area contributed by atoms with Crippen molar-refractivity contribution in [2.75, 3.05) is 0 Å². The largest absolute Gasteiger partial charge is 0.272 e. The molecule has 0 radical (unpaired) electrons. The van der Waals surface area contributed by atoms with Gasteiger partial charge in [-0.15, -0.1) is 0 Å². The summed E-state index contributed by atoms with van der Waals surface area (Å²) in [6, 6.07) is 13.9. The third-order valence-electron chi connectivity index (χ3n) is 9.44. The lowest BCUT2D eigenvalue weighted by molar-refractivity contribution is 0.0528. The number of benzene rings is 5. The van der Waals surface area contributed by atoms with Gasteiger partial charge >= 0.3 is 0 Å². The Labute approximate surface area is 253 Å². The highest BCUT2D eigenvalue weighted by molar-refractivity contribution is 6.42. The molecule has 5 aromatic carbocycles. The first-order chi connectivity index (χ1) is 21.2. The van der Waals surface area contributed by atoms with Crippen molar-refractivity contribution in [3.63, 3.8) is 0 Å². The molecule has 0 saturated heterocycles. The van der Waals surface area contributed by atoms with Gasteiger partial charge in [-0.3, -0.25) is 29.0 Å². The normalized spacial score (nSPS) is 16.0. The molecular weight excluding hydrogens is 552 g/mol. The van der Waals surface area contributed by atoms with E-state index in [0.717, 1.165) is 12.8 Å². The first kappa shape index (κ1) is 27.5. The maximum atomic E-state index is 13.9. The lowest BCUT2D eigenvalue weighted by atomic mass is 9.79. The molecule has 0 N–H and O–H groups in total. The number of imide groups is 2. The molecule has 0 unspecified atom stereocenters. The molecule has 4 amide bonds. The van der Waals surface area contributed by atoms with E-state index in [1.165, 1.54) is 9.80 Å². The molecule has 2 heterocycles. The van der Waals surface area contributed by atoms with E-state index in [9.17, 15) is 29.7 Å². The van der Waals surface area contributed by atoms with Gasteiger partial charge in [0, 0.05) is 55.5 Å². The van der Waals surface area contributed by atoms with Crippen LogP contribution in [0.25, 0.3) is 43.1 Å². The second-order valence-electron chi connectivity index (χ2n) is 12.0. The van der Waals surface area contributed by atoms with Crippen LogP contribution in [0.5, 0.6) is 0 Å². The van der Waals surface area contributed by atoms with Crippen molar-refractivity contribution in [2.24, 2.45) is 0 Å². The Morgan fingerprint density at radius 3 is 1.27 bits per heavy atom. The topological polar surface area (TPSA) is 122 Å². The van der Waals surface area contributed by atoms with Crippen LogP contribution in [0.3, 0.4) is 0 Å². The Morgan fingerprint density at radius 1 is 0.568 bits per heavy atom.